The maximum atomic E-state index is 4.02. The summed E-state index contributed by atoms with van der Waals surface area (Å²) in [6.07, 6.45) is 9.07. The van der Waals surface area contributed by atoms with Crippen LogP contribution in [0.15, 0.2) is 53.8 Å². The Morgan fingerprint density at radius 2 is 2.42 bits per heavy atom. The fraction of sp³-hybridized carbons (Fsp3) is 0.100. The predicted octanol–water partition coefficient (Wildman–Crippen LogP) is 1.80. The summed E-state index contributed by atoms with van der Waals surface area (Å²) >= 11 is 0. The first-order valence-corrected chi connectivity index (χ1v) is 3.78. The zero-order valence-corrected chi connectivity index (χ0v) is 6.96. The molecule has 1 aliphatic rings. The Hall–Kier alpha value is -1.57. The van der Waals surface area contributed by atoms with E-state index in [4.69, 9.17) is 0 Å². The summed E-state index contributed by atoms with van der Waals surface area (Å²) in [5, 5.41) is 3.16. The van der Waals surface area contributed by atoms with Gasteiger partial charge in [-0.2, -0.15) is 0 Å². The van der Waals surface area contributed by atoms with Crippen LogP contribution in [0.5, 0.6) is 0 Å². The van der Waals surface area contributed by atoms with Crippen LogP contribution in [0.1, 0.15) is 0 Å². The average molecular weight is 160 g/mol. The molecular formula is C10H12N2. The quantitative estimate of drug-likeness (QED) is 0.621. The molecule has 2 nitrogen and oxygen atoms in total. The van der Waals surface area contributed by atoms with E-state index in [2.05, 4.69) is 23.5 Å². The fourth-order valence-corrected chi connectivity index (χ4v) is 0.848. The minimum atomic E-state index is 0.766. The van der Waals surface area contributed by atoms with Crippen molar-refractivity contribution >= 4 is 6.21 Å². The van der Waals surface area contributed by atoms with E-state index < -0.39 is 0 Å². The van der Waals surface area contributed by atoms with E-state index in [9.17, 15) is 0 Å². The summed E-state index contributed by atoms with van der Waals surface area (Å²) < 4.78 is 0. The van der Waals surface area contributed by atoms with Crippen molar-refractivity contribution in [3.8, 4) is 0 Å². The Labute approximate surface area is 72.7 Å². The van der Waals surface area contributed by atoms with Crippen molar-refractivity contribution in [2.24, 2.45) is 4.99 Å². The average Bonchev–Trinajstić information content (AvgIpc) is 2.16. The van der Waals surface area contributed by atoms with Gasteiger partial charge in [0.1, 0.15) is 0 Å². The van der Waals surface area contributed by atoms with Gasteiger partial charge in [0.05, 0.1) is 0 Å². The largest absolute Gasteiger partial charge is 0.382 e. The Kier molecular flexibility index (Phi) is 3.08. The SMILES string of the molecule is C=C/C1=C/C(=C)C=N/C=C\CN1. The maximum absolute atomic E-state index is 4.02. The molecule has 0 bridgehead atoms. The molecule has 0 aliphatic carbocycles. The molecule has 1 rings (SSSR count). The molecule has 0 aromatic carbocycles. The lowest BCUT2D eigenvalue weighted by atomic mass is 10.2. The van der Waals surface area contributed by atoms with Crippen LogP contribution < -0.4 is 5.32 Å². The van der Waals surface area contributed by atoms with Gasteiger partial charge >= 0.3 is 0 Å². The lowest BCUT2D eigenvalue weighted by molar-refractivity contribution is 0.935. The first-order valence-electron chi connectivity index (χ1n) is 3.78. The first kappa shape index (κ1) is 8.53. The predicted molar refractivity (Wildman–Crippen MR) is 53.1 cm³/mol. The van der Waals surface area contributed by atoms with Crippen molar-refractivity contribution in [3.05, 3.63) is 48.9 Å². The van der Waals surface area contributed by atoms with E-state index >= 15 is 0 Å². The molecule has 0 fully saturated rings. The molecule has 0 aromatic rings. The van der Waals surface area contributed by atoms with Crippen molar-refractivity contribution < 1.29 is 0 Å². The number of nitrogens with zero attached hydrogens (tertiary/aromatic N) is 1. The summed E-state index contributed by atoms with van der Waals surface area (Å²) in [6.45, 7) is 8.26. The fourth-order valence-electron chi connectivity index (χ4n) is 0.848. The lowest BCUT2D eigenvalue weighted by Gasteiger charge is -2.02. The summed E-state index contributed by atoms with van der Waals surface area (Å²) in [7, 11) is 0. The van der Waals surface area contributed by atoms with Gasteiger partial charge in [0.25, 0.3) is 0 Å². The minimum Gasteiger partial charge on any atom is -0.382 e. The summed E-state index contributed by atoms with van der Waals surface area (Å²) in [6, 6.07) is 0. The molecule has 62 valence electrons. The van der Waals surface area contributed by atoms with Gasteiger partial charge in [-0.25, -0.2) is 0 Å². The Bertz CT molecular complexity index is 270. The van der Waals surface area contributed by atoms with Crippen LogP contribution >= 0.6 is 0 Å². The van der Waals surface area contributed by atoms with E-state index in [1.165, 1.54) is 0 Å². The van der Waals surface area contributed by atoms with Crippen LogP contribution in [-0.4, -0.2) is 12.8 Å². The zero-order valence-electron chi connectivity index (χ0n) is 6.96. The number of rotatable bonds is 1. The van der Waals surface area contributed by atoms with Gasteiger partial charge in [-0.05, 0) is 23.8 Å². The lowest BCUT2D eigenvalue weighted by Crippen LogP contribution is -2.10. The molecule has 12 heavy (non-hydrogen) atoms. The topological polar surface area (TPSA) is 24.4 Å². The summed E-state index contributed by atoms with van der Waals surface area (Å²) in [5.41, 5.74) is 1.84. The molecule has 0 saturated carbocycles. The van der Waals surface area contributed by atoms with Gasteiger partial charge in [0, 0.05) is 24.7 Å². The molecule has 1 heterocycles. The van der Waals surface area contributed by atoms with E-state index in [-0.39, 0.29) is 0 Å². The first-order chi connectivity index (χ1) is 5.83. The highest BCUT2D eigenvalue weighted by molar-refractivity contribution is 5.82. The summed E-state index contributed by atoms with van der Waals surface area (Å²) in [5.74, 6) is 0. The minimum absolute atomic E-state index is 0.766. The third-order valence-electron chi connectivity index (χ3n) is 1.42. The van der Waals surface area contributed by atoms with E-state index in [0.717, 1.165) is 17.8 Å². The van der Waals surface area contributed by atoms with Crippen LogP contribution in [0.2, 0.25) is 0 Å². The standard InChI is InChI=1S/C10H12N2/c1-3-10-7-9(2)8-11-5-4-6-12-10/h3-5,7-8,12H,1-2,6H2/b5-4-,10-7-,11-8?. The number of nitrogens with one attached hydrogen (secondary N) is 1. The van der Waals surface area contributed by atoms with Gasteiger partial charge in [-0.1, -0.05) is 13.2 Å². The number of hydrogen-bond acceptors (Lipinski definition) is 2. The van der Waals surface area contributed by atoms with Crippen molar-refractivity contribution in [3.63, 3.8) is 0 Å². The van der Waals surface area contributed by atoms with Gasteiger partial charge in [-0.15, -0.1) is 0 Å². The Morgan fingerprint density at radius 3 is 3.17 bits per heavy atom. The molecule has 1 aliphatic heterocycles. The number of hydrogen-bond donors (Lipinski definition) is 1. The Balaban J connectivity index is 2.83. The molecule has 0 unspecified atom stereocenters. The number of allylic oxidation sites excluding steroid dienone is 3. The van der Waals surface area contributed by atoms with Crippen molar-refractivity contribution in [2.75, 3.05) is 6.54 Å². The maximum Gasteiger partial charge on any atom is 0.0348 e. The molecule has 0 aromatic heterocycles. The van der Waals surface area contributed by atoms with Crippen LogP contribution in [0.25, 0.3) is 0 Å². The third kappa shape index (κ3) is 2.58. The van der Waals surface area contributed by atoms with Gasteiger partial charge in [-0.3, -0.25) is 4.99 Å². The zero-order chi connectivity index (χ0) is 8.81. The number of aliphatic imine (C=N–C) groups is 1. The van der Waals surface area contributed by atoms with Crippen LogP contribution in [0.4, 0.5) is 0 Å². The molecule has 0 radical (unpaired) electrons. The smallest absolute Gasteiger partial charge is 0.0348 e. The molecule has 0 atom stereocenters. The van der Waals surface area contributed by atoms with E-state index in [1.807, 2.05) is 12.2 Å². The Morgan fingerprint density at radius 1 is 1.58 bits per heavy atom. The van der Waals surface area contributed by atoms with Crippen molar-refractivity contribution in [2.45, 2.75) is 0 Å². The normalized spacial score (nSPS) is 24.0. The second-order valence-electron chi connectivity index (χ2n) is 2.42. The van der Waals surface area contributed by atoms with Crippen LogP contribution in [0, 0.1) is 0 Å². The van der Waals surface area contributed by atoms with Crippen LogP contribution in [-0.2, 0) is 0 Å². The second-order valence-corrected chi connectivity index (χ2v) is 2.42. The van der Waals surface area contributed by atoms with Gasteiger partial charge in [0.15, 0.2) is 0 Å². The third-order valence-corrected chi connectivity index (χ3v) is 1.42. The summed E-state index contributed by atoms with van der Waals surface area (Å²) in [4.78, 5) is 4.02. The van der Waals surface area contributed by atoms with Crippen molar-refractivity contribution in [1.29, 1.82) is 0 Å². The van der Waals surface area contributed by atoms with Gasteiger partial charge in [0.2, 0.25) is 0 Å². The molecule has 2 heteroatoms. The van der Waals surface area contributed by atoms with Crippen molar-refractivity contribution in [1.82, 2.24) is 5.32 Å². The highest BCUT2D eigenvalue weighted by atomic mass is 14.9. The molecule has 0 saturated heterocycles. The van der Waals surface area contributed by atoms with E-state index in [1.54, 1.807) is 18.5 Å². The second kappa shape index (κ2) is 4.34. The molecule has 0 spiro atoms. The van der Waals surface area contributed by atoms with E-state index in [0.29, 0.717) is 0 Å². The molecular weight excluding hydrogens is 148 g/mol. The van der Waals surface area contributed by atoms with Crippen LogP contribution in [0.3, 0.4) is 0 Å². The highest BCUT2D eigenvalue weighted by Crippen LogP contribution is 1.98. The van der Waals surface area contributed by atoms with Gasteiger partial charge < -0.3 is 5.32 Å². The molecule has 0 amide bonds. The highest BCUT2D eigenvalue weighted by Gasteiger charge is 1.91. The monoisotopic (exact) mass is 160 g/mol. The molecule has 1 N–H and O–H groups in total.